The van der Waals surface area contributed by atoms with E-state index < -0.39 is 24.3 Å². The van der Waals surface area contributed by atoms with Crippen molar-refractivity contribution in [2.24, 2.45) is 5.92 Å². The Labute approximate surface area is 74.5 Å². The standard InChI is InChI=1S/C8H13F4N/c1-13-6-4-2-3-5(7(6)9)8(10,11)12/h5-7,13H,2-4H2,1H3. The van der Waals surface area contributed by atoms with Gasteiger partial charge in [0.25, 0.3) is 0 Å². The third-order valence-corrected chi connectivity index (χ3v) is 2.59. The van der Waals surface area contributed by atoms with E-state index in [0.717, 1.165) is 0 Å². The summed E-state index contributed by atoms with van der Waals surface area (Å²) in [6.45, 7) is 0. The van der Waals surface area contributed by atoms with Crippen LogP contribution in [0.2, 0.25) is 0 Å². The van der Waals surface area contributed by atoms with Crippen LogP contribution in [0, 0.1) is 5.92 Å². The van der Waals surface area contributed by atoms with Gasteiger partial charge in [0.15, 0.2) is 0 Å². The van der Waals surface area contributed by atoms with Gasteiger partial charge >= 0.3 is 6.18 Å². The molecule has 78 valence electrons. The number of nitrogens with one attached hydrogen (secondary N) is 1. The fourth-order valence-corrected chi connectivity index (χ4v) is 1.80. The molecule has 0 bridgehead atoms. The number of hydrogen-bond acceptors (Lipinski definition) is 1. The highest BCUT2D eigenvalue weighted by Crippen LogP contribution is 2.39. The van der Waals surface area contributed by atoms with Gasteiger partial charge in [-0.15, -0.1) is 0 Å². The average Bonchev–Trinajstić information content (AvgIpc) is 2.02. The smallest absolute Gasteiger partial charge is 0.314 e. The van der Waals surface area contributed by atoms with Crippen LogP contribution >= 0.6 is 0 Å². The minimum absolute atomic E-state index is 0.0805. The molecule has 5 heteroatoms. The van der Waals surface area contributed by atoms with Gasteiger partial charge in [0.2, 0.25) is 0 Å². The predicted octanol–water partition coefficient (Wildman–Crippen LogP) is 2.27. The molecule has 1 nitrogen and oxygen atoms in total. The van der Waals surface area contributed by atoms with Gasteiger partial charge in [-0.3, -0.25) is 0 Å². The summed E-state index contributed by atoms with van der Waals surface area (Å²) in [6, 6.07) is -0.639. The Morgan fingerprint density at radius 2 is 1.85 bits per heavy atom. The van der Waals surface area contributed by atoms with E-state index in [1.54, 1.807) is 0 Å². The average molecular weight is 199 g/mol. The molecule has 13 heavy (non-hydrogen) atoms. The van der Waals surface area contributed by atoms with Crippen LogP contribution in [0.3, 0.4) is 0 Å². The van der Waals surface area contributed by atoms with Crippen molar-refractivity contribution < 1.29 is 17.6 Å². The highest BCUT2D eigenvalue weighted by Gasteiger charge is 2.48. The van der Waals surface area contributed by atoms with Crippen LogP contribution in [0.5, 0.6) is 0 Å². The lowest BCUT2D eigenvalue weighted by Crippen LogP contribution is -2.47. The van der Waals surface area contributed by atoms with Gasteiger partial charge in [0.05, 0.1) is 5.92 Å². The first kappa shape index (κ1) is 10.8. The molecule has 3 atom stereocenters. The largest absolute Gasteiger partial charge is 0.394 e. The Bertz CT molecular complexity index is 168. The third kappa shape index (κ3) is 2.33. The maximum atomic E-state index is 13.2. The summed E-state index contributed by atoms with van der Waals surface area (Å²) in [5, 5.41) is 2.58. The van der Waals surface area contributed by atoms with E-state index in [4.69, 9.17) is 0 Å². The number of alkyl halides is 4. The molecular weight excluding hydrogens is 186 g/mol. The summed E-state index contributed by atoms with van der Waals surface area (Å²) in [7, 11) is 1.50. The molecule has 0 heterocycles. The highest BCUT2D eigenvalue weighted by molar-refractivity contribution is 4.89. The van der Waals surface area contributed by atoms with E-state index in [9.17, 15) is 17.6 Å². The molecule has 1 saturated carbocycles. The van der Waals surface area contributed by atoms with Crippen LogP contribution in [0.4, 0.5) is 17.6 Å². The third-order valence-electron chi connectivity index (χ3n) is 2.59. The second-order valence-electron chi connectivity index (χ2n) is 3.42. The molecule has 0 aromatic rings. The minimum atomic E-state index is -4.39. The number of hydrogen-bond donors (Lipinski definition) is 1. The molecule has 0 aliphatic heterocycles. The Balaban J connectivity index is 2.65. The molecule has 1 aliphatic carbocycles. The van der Waals surface area contributed by atoms with Crippen LogP contribution in [0.1, 0.15) is 19.3 Å². The molecule has 1 N–H and O–H groups in total. The Morgan fingerprint density at radius 3 is 2.31 bits per heavy atom. The first-order valence-electron chi connectivity index (χ1n) is 4.35. The van der Waals surface area contributed by atoms with E-state index in [0.29, 0.717) is 12.8 Å². The molecule has 0 aromatic carbocycles. The Hall–Kier alpha value is -0.320. The Morgan fingerprint density at radius 1 is 1.23 bits per heavy atom. The van der Waals surface area contributed by atoms with Crippen molar-refractivity contribution in [3.05, 3.63) is 0 Å². The van der Waals surface area contributed by atoms with Gasteiger partial charge in [0, 0.05) is 6.04 Å². The fraction of sp³-hybridized carbons (Fsp3) is 1.00. The van der Waals surface area contributed by atoms with Gasteiger partial charge < -0.3 is 5.32 Å². The lowest BCUT2D eigenvalue weighted by Gasteiger charge is -2.33. The molecule has 1 fully saturated rings. The summed E-state index contributed by atoms with van der Waals surface area (Å²) >= 11 is 0. The summed E-state index contributed by atoms with van der Waals surface area (Å²) in [5.41, 5.74) is 0. The van der Waals surface area contributed by atoms with Crippen LogP contribution in [-0.2, 0) is 0 Å². The molecular formula is C8H13F4N. The van der Waals surface area contributed by atoms with Crippen molar-refractivity contribution in [1.82, 2.24) is 5.32 Å². The van der Waals surface area contributed by atoms with Crippen molar-refractivity contribution in [1.29, 1.82) is 0 Å². The maximum Gasteiger partial charge on any atom is 0.394 e. The van der Waals surface area contributed by atoms with Gasteiger partial charge in [0.1, 0.15) is 6.17 Å². The number of rotatable bonds is 1. The lowest BCUT2D eigenvalue weighted by molar-refractivity contribution is -0.200. The highest BCUT2D eigenvalue weighted by atomic mass is 19.4. The first-order valence-corrected chi connectivity index (χ1v) is 4.35. The lowest BCUT2D eigenvalue weighted by atomic mass is 9.83. The van der Waals surface area contributed by atoms with Gasteiger partial charge in [-0.25, -0.2) is 4.39 Å². The Kier molecular flexibility index (Phi) is 3.16. The fourth-order valence-electron chi connectivity index (χ4n) is 1.80. The molecule has 1 aliphatic rings. The topological polar surface area (TPSA) is 12.0 Å². The molecule has 0 aromatic heterocycles. The van der Waals surface area contributed by atoms with Crippen LogP contribution in [0.25, 0.3) is 0 Å². The van der Waals surface area contributed by atoms with Crippen LogP contribution in [-0.4, -0.2) is 25.4 Å². The molecule has 3 unspecified atom stereocenters. The van der Waals surface area contributed by atoms with Crippen LogP contribution in [0.15, 0.2) is 0 Å². The molecule has 1 rings (SSSR count). The van der Waals surface area contributed by atoms with E-state index in [-0.39, 0.29) is 6.42 Å². The quantitative estimate of drug-likeness (QED) is 0.639. The zero-order chi connectivity index (χ0) is 10.1. The molecule has 0 saturated heterocycles. The molecule has 0 amide bonds. The second kappa shape index (κ2) is 3.82. The van der Waals surface area contributed by atoms with E-state index >= 15 is 0 Å². The van der Waals surface area contributed by atoms with Crippen molar-refractivity contribution in [3.63, 3.8) is 0 Å². The van der Waals surface area contributed by atoms with E-state index in [2.05, 4.69) is 5.32 Å². The van der Waals surface area contributed by atoms with Gasteiger partial charge in [-0.1, -0.05) is 6.42 Å². The monoisotopic (exact) mass is 199 g/mol. The summed E-state index contributed by atoms with van der Waals surface area (Å²) in [4.78, 5) is 0. The van der Waals surface area contributed by atoms with Crippen molar-refractivity contribution in [3.8, 4) is 0 Å². The van der Waals surface area contributed by atoms with Crippen molar-refractivity contribution in [2.75, 3.05) is 7.05 Å². The van der Waals surface area contributed by atoms with Crippen molar-refractivity contribution in [2.45, 2.75) is 37.7 Å². The number of halogens is 4. The molecule has 0 spiro atoms. The van der Waals surface area contributed by atoms with Crippen LogP contribution < -0.4 is 5.32 Å². The minimum Gasteiger partial charge on any atom is -0.314 e. The zero-order valence-corrected chi connectivity index (χ0v) is 7.37. The summed E-state index contributed by atoms with van der Waals surface area (Å²) < 4.78 is 49.9. The zero-order valence-electron chi connectivity index (χ0n) is 7.37. The molecule has 0 radical (unpaired) electrons. The van der Waals surface area contributed by atoms with E-state index in [1.807, 2.05) is 0 Å². The van der Waals surface area contributed by atoms with E-state index in [1.165, 1.54) is 7.05 Å². The maximum absolute atomic E-state index is 13.2. The summed E-state index contributed by atoms with van der Waals surface area (Å²) in [5.74, 6) is -1.78. The van der Waals surface area contributed by atoms with Crippen molar-refractivity contribution >= 4 is 0 Å². The second-order valence-corrected chi connectivity index (χ2v) is 3.42. The first-order chi connectivity index (χ1) is 5.96. The summed E-state index contributed by atoms with van der Waals surface area (Å²) in [6.07, 6.45) is -5.34. The van der Waals surface area contributed by atoms with Gasteiger partial charge in [-0.05, 0) is 19.9 Å². The predicted molar refractivity (Wildman–Crippen MR) is 41.1 cm³/mol. The van der Waals surface area contributed by atoms with Gasteiger partial charge in [-0.2, -0.15) is 13.2 Å². The SMILES string of the molecule is CNC1CCCC(C(F)(F)F)C1F. The normalized spacial score (nSPS) is 36.2.